The van der Waals surface area contributed by atoms with Gasteiger partial charge in [0.25, 0.3) is 0 Å². The number of nitrogens with zero attached hydrogens (tertiary/aromatic N) is 2. The van der Waals surface area contributed by atoms with E-state index in [0.717, 1.165) is 42.5 Å². The second-order valence-corrected chi connectivity index (χ2v) is 5.41. The van der Waals surface area contributed by atoms with Gasteiger partial charge in [-0.1, -0.05) is 32.4 Å². The van der Waals surface area contributed by atoms with Crippen molar-refractivity contribution in [2.45, 2.75) is 33.1 Å². The van der Waals surface area contributed by atoms with E-state index in [1.165, 1.54) is 16.3 Å². The number of fused-ring (bicyclic) bond motifs is 3. The summed E-state index contributed by atoms with van der Waals surface area (Å²) < 4.78 is 0. The maximum absolute atomic E-state index is 4.92. The number of rotatable bonds is 5. The maximum atomic E-state index is 4.92. The highest BCUT2D eigenvalue weighted by molar-refractivity contribution is 6.05. The largest absolute Gasteiger partial charge is 0.370 e. The monoisotopic (exact) mass is 279 g/mol. The first kappa shape index (κ1) is 13.8. The van der Waals surface area contributed by atoms with Crippen molar-refractivity contribution in [2.75, 3.05) is 11.9 Å². The predicted octanol–water partition coefficient (Wildman–Crippen LogP) is 4.56. The van der Waals surface area contributed by atoms with E-state index in [2.05, 4.69) is 42.3 Å². The minimum absolute atomic E-state index is 0.960. The molecule has 0 unspecified atom stereocenters. The fraction of sp³-hybridized carbons (Fsp3) is 0.333. The first-order valence-electron chi connectivity index (χ1n) is 7.73. The molecule has 0 saturated heterocycles. The van der Waals surface area contributed by atoms with Crippen LogP contribution in [0, 0.1) is 0 Å². The summed E-state index contributed by atoms with van der Waals surface area (Å²) in [5, 5.41) is 7.00. The van der Waals surface area contributed by atoms with Crippen LogP contribution < -0.4 is 5.32 Å². The highest BCUT2D eigenvalue weighted by Gasteiger charge is 2.08. The summed E-state index contributed by atoms with van der Waals surface area (Å²) in [6.07, 6.45) is 7.03. The smallest absolute Gasteiger partial charge is 0.129 e. The molecule has 0 aliphatic carbocycles. The zero-order valence-electron chi connectivity index (χ0n) is 12.7. The summed E-state index contributed by atoms with van der Waals surface area (Å²) in [5.74, 6) is 1.04. The molecular weight excluding hydrogens is 258 g/mol. The van der Waals surface area contributed by atoms with Crippen LogP contribution in [0.2, 0.25) is 0 Å². The molecule has 0 fully saturated rings. The molecule has 3 heteroatoms. The fourth-order valence-corrected chi connectivity index (χ4v) is 2.71. The summed E-state index contributed by atoms with van der Waals surface area (Å²) >= 11 is 0. The van der Waals surface area contributed by atoms with Gasteiger partial charge in [0, 0.05) is 35.1 Å². The topological polar surface area (TPSA) is 37.8 Å². The molecule has 3 rings (SSSR count). The molecule has 0 aliphatic heterocycles. The first-order chi connectivity index (χ1) is 10.3. The molecule has 0 bridgehead atoms. The van der Waals surface area contributed by atoms with Crippen LogP contribution in [-0.2, 0) is 6.42 Å². The molecule has 0 amide bonds. The van der Waals surface area contributed by atoms with E-state index in [1.54, 1.807) is 0 Å². The molecule has 0 aliphatic rings. The van der Waals surface area contributed by atoms with Gasteiger partial charge in [-0.3, -0.25) is 4.98 Å². The Morgan fingerprint density at radius 1 is 1.05 bits per heavy atom. The summed E-state index contributed by atoms with van der Waals surface area (Å²) in [4.78, 5) is 9.12. The van der Waals surface area contributed by atoms with Crippen molar-refractivity contribution in [2.24, 2.45) is 0 Å². The number of benzene rings is 1. The number of aryl methyl sites for hydroxylation is 1. The number of hydrogen-bond donors (Lipinski definition) is 1. The van der Waals surface area contributed by atoms with Gasteiger partial charge in [0.05, 0.1) is 5.52 Å². The average Bonchev–Trinajstić information content (AvgIpc) is 2.53. The Morgan fingerprint density at radius 3 is 2.71 bits per heavy atom. The third-order valence-electron chi connectivity index (χ3n) is 3.74. The van der Waals surface area contributed by atoms with E-state index in [1.807, 2.05) is 18.5 Å². The minimum Gasteiger partial charge on any atom is -0.370 e. The number of anilines is 1. The van der Waals surface area contributed by atoms with Crippen molar-refractivity contribution in [3.05, 3.63) is 42.2 Å². The molecule has 0 saturated carbocycles. The number of hydrogen-bond acceptors (Lipinski definition) is 3. The Hall–Kier alpha value is -2.16. The Kier molecular flexibility index (Phi) is 4.00. The number of aromatic nitrogens is 2. The molecule has 1 aromatic carbocycles. The van der Waals surface area contributed by atoms with Crippen LogP contribution >= 0.6 is 0 Å². The number of nitrogens with one attached hydrogen (secondary N) is 1. The van der Waals surface area contributed by atoms with Gasteiger partial charge < -0.3 is 5.32 Å². The van der Waals surface area contributed by atoms with Crippen LogP contribution in [0.4, 0.5) is 5.82 Å². The third-order valence-corrected chi connectivity index (χ3v) is 3.74. The Bertz CT molecular complexity index is 765. The lowest BCUT2D eigenvalue weighted by Crippen LogP contribution is -2.06. The summed E-state index contributed by atoms with van der Waals surface area (Å²) in [7, 11) is 0. The second-order valence-electron chi connectivity index (χ2n) is 5.41. The minimum atomic E-state index is 0.960. The highest BCUT2D eigenvalue weighted by Crippen LogP contribution is 2.27. The SMILES string of the molecule is CCCNc1nc2c(ccc3cnccc32)cc1CCC. The van der Waals surface area contributed by atoms with Crippen molar-refractivity contribution in [3.63, 3.8) is 0 Å². The average molecular weight is 279 g/mol. The Balaban J connectivity index is 2.21. The fourth-order valence-electron chi connectivity index (χ4n) is 2.71. The second kappa shape index (κ2) is 6.08. The zero-order valence-corrected chi connectivity index (χ0v) is 12.7. The molecule has 21 heavy (non-hydrogen) atoms. The molecule has 0 atom stereocenters. The standard InChI is InChI=1S/C18H21N3/c1-3-5-14-11-13-6-7-15-12-19-10-8-16(15)17(13)21-18(14)20-9-4-2/h6-8,10-12H,3-5,9H2,1-2H3,(H,20,21). The van der Waals surface area contributed by atoms with Crippen molar-refractivity contribution in [3.8, 4) is 0 Å². The molecule has 3 aromatic rings. The predicted molar refractivity (Wildman–Crippen MR) is 89.8 cm³/mol. The summed E-state index contributed by atoms with van der Waals surface area (Å²) in [6, 6.07) is 8.60. The van der Waals surface area contributed by atoms with Crippen LogP contribution in [0.5, 0.6) is 0 Å². The van der Waals surface area contributed by atoms with Gasteiger partial charge in [-0.05, 0) is 30.5 Å². The van der Waals surface area contributed by atoms with Crippen LogP contribution in [0.25, 0.3) is 21.7 Å². The van der Waals surface area contributed by atoms with Crippen molar-refractivity contribution >= 4 is 27.5 Å². The van der Waals surface area contributed by atoms with Crippen molar-refractivity contribution < 1.29 is 0 Å². The van der Waals surface area contributed by atoms with Gasteiger partial charge in [0.2, 0.25) is 0 Å². The normalized spacial score (nSPS) is 11.1. The maximum Gasteiger partial charge on any atom is 0.129 e. The van der Waals surface area contributed by atoms with Gasteiger partial charge in [-0.2, -0.15) is 0 Å². The molecule has 108 valence electrons. The van der Waals surface area contributed by atoms with Gasteiger partial charge in [-0.25, -0.2) is 4.98 Å². The molecule has 2 heterocycles. The van der Waals surface area contributed by atoms with E-state index in [4.69, 9.17) is 4.98 Å². The molecule has 3 nitrogen and oxygen atoms in total. The Morgan fingerprint density at radius 2 is 1.90 bits per heavy atom. The van der Waals surface area contributed by atoms with E-state index >= 15 is 0 Å². The quantitative estimate of drug-likeness (QED) is 0.696. The first-order valence-corrected chi connectivity index (χ1v) is 7.73. The highest BCUT2D eigenvalue weighted by atomic mass is 15.0. The van der Waals surface area contributed by atoms with Gasteiger partial charge in [0.1, 0.15) is 5.82 Å². The molecule has 0 radical (unpaired) electrons. The van der Waals surface area contributed by atoms with Crippen LogP contribution in [0.1, 0.15) is 32.3 Å². The molecule has 2 aromatic heterocycles. The zero-order chi connectivity index (χ0) is 14.7. The van der Waals surface area contributed by atoms with Gasteiger partial charge in [-0.15, -0.1) is 0 Å². The van der Waals surface area contributed by atoms with Gasteiger partial charge >= 0.3 is 0 Å². The van der Waals surface area contributed by atoms with Crippen LogP contribution in [0.15, 0.2) is 36.7 Å². The van der Waals surface area contributed by atoms with E-state index in [-0.39, 0.29) is 0 Å². The third kappa shape index (κ3) is 2.68. The van der Waals surface area contributed by atoms with E-state index in [0.29, 0.717) is 0 Å². The Labute approximate surface area is 125 Å². The van der Waals surface area contributed by atoms with Gasteiger partial charge in [0.15, 0.2) is 0 Å². The van der Waals surface area contributed by atoms with Crippen molar-refractivity contribution in [1.29, 1.82) is 0 Å². The van der Waals surface area contributed by atoms with Crippen LogP contribution in [0.3, 0.4) is 0 Å². The lowest BCUT2D eigenvalue weighted by atomic mass is 10.0. The lowest BCUT2D eigenvalue weighted by Gasteiger charge is -2.13. The van der Waals surface area contributed by atoms with E-state index in [9.17, 15) is 0 Å². The summed E-state index contributed by atoms with van der Waals surface area (Å²) in [5.41, 5.74) is 2.38. The van der Waals surface area contributed by atoms with E-state index < -0.39 is 0 Å². The van der Waals surface area contributed by atoms with Crippen LogP contribution in [-0.4, -0.2) is 16.5 Å². The molecule has 1 N–H and O–H groups in total. The molecular formula is C18H21N3. The number of pyridine rings is 2. The summed E-state index contributed by atoms with van der Waals surface area (Å²) in [6.45, 7) is 5.34. The lowest BCUT2D eigenvalue weighted by molar-refractivity contribution is 0.906. The molecule has 0 spiro atoms. The van der Waals surface area contributed by atoms with Crippen molar-refractivity contribution in [1.82, 2.24) is 9.97 Å².